The molecule has 0 unspecified atom stereocenters. The van der Waals surface area contributed by atoms with Crippen LogP contribution < -0.4 is 0 Å². The molecular weight excluding hydrogens is 155 g/mol. The van der Waals surface area contributed by atoms with Gasteiger partial charge in [0.15, 0.2) is 0 Å². The van der Waals surface area contributed by atoms with E-state index in [9.17, 15) is 0 Å². The van der Waals surface area contributed by atoms with Crippen molar-refractivity contribution in [3.63, 3.8) is 0 Å². The van der Waals surface area contributed by atoms with Crippen molar-refractivity contribution < 1.29 is 22.2 Å². The molecule has 0 saturated heterocycles. The molecule has 0 bridgehead atoms. The van der Waals surface area contributed by atoms with E-state index in [0.29, 0.717) is 6.61 Å². The van der Waals surface area contributed by atoms with Crippen molar-refractivity contribution in [1.29, 1.82) is 0 Å². The summed E-state index contributed by atoms with van der Waals surface area (Å²) in [5.41, 5.74) is 0. The van der Waals surface area contributed by atoms with Crippen molar-refractivity contribution in [2.75, 3.05) is 6.61 Å². The molecule has 0 aliphatic rings. The number of aliphatic hydroxyl groups excluding tert-OH is 1. The molecule has 0 aliphatic heterocycles. The fourth-order valence-corrected chi connectivity index (χ4v) is 0.158. The van der Waals surface area contributed by atoms with E-state index < -0.39 is 0 Å². The van der Waals surface area contributed by atoms with Gasteiger partial charge in [0.25, 0.3) is 0 Å². The largest absolute Gasteiger partial charge is 0.396 e. The van der Waals surface area contributed by atoms with Crippen LogP contribution in [0, 0.1) is 0 Å². The van der Waals surface area contributed by atoms with Crippen molar-refractivity contribution in [3.8, 4) is 0 Å². The molecule has 0 heterocycles. The Morgan fingerprint density at radius 3 is 1.86 bits per heavy atom. The normalized spacial score (nSPS) is 6.00. The average Bonchev–Trinajstić information content (AvgIpc) is 1.41. The zero-order chi connectivity index (χ0) is 4.12. The van der Waals surface area contributed by atoms with Gasteiger partial charge in [-0.25, -0.2) is 0 Å². The van der Waals surface area contributed by atoms with E-state index in [4.69, 9.17) is 5.11 Å². The summed E-state index contributed by atoms with van der Waals surface area (Å²) >= 11 is 0. The first-order chi connectivity index (χ1) is 2.41. The zero-order valence-corrected chi connectivity index (χ0v) is 6.25. The van der Waals surface area contributed by atoms with Gasteiger partial charge in [-0.1, -0.05) is 13.3 Å². The predicted molar refractivity (Wildman–Crippen MR) is 29.2 cm³/mol. The molecule has 0 rings (SSSR count). The number of hydrogen-bond acceptors (Lipinski definition) is 1. The summed E-state index contributed by atoms with van der Waals surface area (Å²) in [6.45, 7) is 2.40. The molecule has 0 aromatic carbocycles. The summed E-state index contributed by atoms with van der Waals surface area (Å²) in [4.78, 5) is 0. The van der Waals surface area contributed by atoms with Gasteiger partial charge >= 0.3 is 0 Å². The average molecular weight is 166 g/mol. The van der Waals surface area contributed by atoms with Crippen LogP contribution in [0.2, 0.25) is 0 Å². The molecular formula is C4H11ClFeO. The Kier molecular flexibility index (Phi) is 35.5. The molecule has 1 N–H and O–H groups in total. The minimum atomic E-state index is 0. The number of hydrogen-bond donors (Lipinski definition) is 1. The molecule has 0 amide bonds. The molecule has 0 spiro atoms. The second-order valence-corrected chi connectivity index (χ2v) is 1.08. The molecule has 0 fully saturated rings. The third kappa shape index (κ3) is 20.1. The van der Waals surface area contributed by atoms with Crippen LogP contribution in [0.15, 0.2) is 0 Å². The van der Waals surface area contributed by atoms with Crippen molar-refractivity contribution in [3.05, 3.63) is 0 Å². The van der Waals surface area contributed by atoms with E-state index >= 15 is 0 Å². The summed E-state index contributed by atoms with van der Waals surface area (Å²) in [6, 6.07) is 0. The molecule has 48 valence electrons. The van der Waals surface area contributed by atoms with Crippen LogP contribution >= 0.6 is 12.4 Å². The molecule has 0 saturated carbocycles. The van der Waals surface area contributed by atoms with Crippen molar-refractivity contribution in [2.24, 2.45) is 0 Å². The summed E-state index contributed by atoms with van der Waals surface area (Å²) in [5.74, 6) is 0. The van der Waals surface area contributed by atoms with Gasteiger partial charge in [0.2, 0.25) is 0 Å². The molecule has 3 heteroatoms. The number of halogens is 1. The Morgan fingerprint density at radius 2 is 1.86 bits per heavy atom. The van der Waals surface area contributed by atoms with E-state index in [-0.39, 0.29) is 29.5 Å². The van der Waals surface area contributed by atoms with Crippen LogP contribution in [0.5, 0.6) is 0 Å². The van der Waals surface area contributed by atoms with Crippen molar-refractivity contribution in [2.45, 2.75) is 19.8 Å². The Morgan fingerprint density at radius 1 is 1.43 bits per heavy atom. The van der Waals surface area contributed by atoms with Gasteiger partial charge in [0.05, 0.1) is 0 Å². The van der Waals surface area contributed by atoms with Gasteiger partial charge in [0, 0.05) is 23.7 Å². The van der Waals surface area contributed by atoms with Crippen LogP contribution in [0.3, 0.4) is 0 Å². The van der Waals surface area contributed by atoms with Crippen LogP contribution in [0.4, 0.5) is 0 Å². The monoisotopic (exact) mass is 166 g/mol. The summed E-state index contributed by atoms with van der Waals surface area (Å²) in [6.07, 6.45) is 2.04. The second-order valence-electron chi connectivity index (χ2n) is 1.08. The Labute approximate surface area is 61.4 Å². The van der Waals surface area contributed by atoms with E-state index in [1.165, 1.54) is 0 Å². The number of unbranched alkanes of at least 4 members (excludes halogenated alkanes) is 1. The standard InChI is InChI=1S/C4H10O.ClH.Fe/c1-2-3-4-5;;/h5H,2-4H2,1H3;1H;. The van der Waals surface area contributed by atoms with Gasteiger partial charge in [-0.15, -0.1) is 12.4 Å². The molecule has 0 atom stereocenters. The molecule has 1 nitrogen and oxygen atoms in total. The first-order valence-electron chi connectivity index (χ1n) is 2.02. The quantitative estimate of drug-likeness (QED) is 0.611. The summed E-state index contributed by atoms with van der Waals surface area (Å²) < 4.78 is 0. The Bertz CT molecular complexity index is 19.2. The summed E-state index contributed by atoms with van der Waals surface area (Å²) in [5, 5.41) is 8.07. The predicted octanol–water partition coefficient (Wildman–Crippen LogP) is 1.20. The fourth-order valence-electron chi connectivity index (χ4n) is 0.158. The Hall–Kier alpha value is 0.769. The maximum atomic E-state index is 8.07. The van der Waals surface area contributed by atoms with Crippen molar-refractivity contribution >= 4 is 12.4 Å². The van der Waals surface area contributed by atoms with Crippen LogP contribution in [-0.2, 0) is 17.1 Å². The van der Waals surface area contributed by atoms with E-state index in [2.05, 4.69) is 6.92 Å². The van der Waals surface area contributed by atoms with E-state index in [1.807, 2.05) is 0 Å². The van der Waals surface area contributed by atoms with Crippen LogP contribution in [0.25, 0.3) is 0 Å². The maximum Gasteiger partial charge on any atom is 0.0430 e. The van der Waals surface area contributed by atoms with Crippen LogP contribution in [-0.4, -0.2) is 11.7 Å². The molecule has 0 radical (unpaired) electrons. The van der Waals surface area contributed by atoms with Crippen LogP contribution in [0.1, 0.15) is 19.8 Å². The summed E-state index contributed by atoms with van der Waals surface area (Å²) in [7, 11) is 0. The zero-order valence-electron chi connectivity index (χ0n) is 4.33. The minimum absolute atomic E-state index is 0. The molecule has 7 heavy (non-hydrogen) atoms. The fraction of sp³-hybridized carbons (Fsp3) is 1.00. The maximum absolute atomic E-state index is 8.07. The Balaban J connectivity index is -0.0000000800. The third-order valence-corrected chi connectivity index (χ3v) is 0.512. The third-order valence-electron chi connectivity index (χ3n) is 0.512. The van der Waals surface area contributed by atoms with Gasteiger partial charge < -0.3 is 5.11 Å². The first-order valence-corrected chi connectivity index (χ1v) is 2.02. The van der Waals surface area contributed by atoms with Gasteiger partial charge in [-0.3, -0.25) is 0 Å². The number of aliphatic hydroxyl groups is 1. The van der Waals surface area contributed by atoms with Gasteiger partial charge in [0.1, 0.15) is 0 Å². The SMILES string of the molecule is CCCCO.Cl.[Fe]. The number of rotatable bonds is 2. The van der Waals surface area contributed by atoms with Crippen molar-refractivity contribution in [1.82, 2.24) is 0 Å². The first kappa shape index (κ1) is 15.7. The van der Waals surface area contributed by atoms with Gasteiger partial charge in [-0.05, 0) is 6.42 Å². The van der Waals surface area contributed by atoms with E-state index in [1.54, 1.807) is 0 Å². The second kappa shape index (κ2) is 15.9. The van der Waals surface area contributed by atoms with E-state index in [0.717, 1.165) is 12.8 Å². The topological polar surface area (TPSA) is 20.2 Å². The molecule has 0 aliphatic carbocycles. The smallest absolute Gasteiger partial charge is 0.0430 e. The minimum Gasteiger partial charge on any atom is -0.396 e. The van der Waals surface area contributed by atoms with Gasteiger partial charge in [-0.2, -0.15) is 0 Å². The molecule has 0 aromatic heterocycles. The molecule has 0 aromatic rings.